The van der Waals surface area contributed by atoms with Gasteiger partial charge in [-0.3, -0.25) is 4.79 Å². The van der Waals surface area contributed by atoms with Crippen LogP contribution in [0.15, 0.2) is 18.2 Å². The number of anilines is 1. The summed E-state index contributed by atoms with van der Waals surface area (Å²) in [6, 6.07) is 3.69. The van der Waals surface area contributed by atoms with Crippen molar-refractivity contribution in [1.82, 2.24) is 0 Å². The number of aliphatic carboxylic acids is 1. The molecule has 20 heavy (non-hydrogen) atoms. The molecule has 1 heterocycles. The number of ether oxygens (including phenoxy) is 2. The smallest absolute Gasteiger partial charge is 0.481 e. The SMILES string of the molecule is Nc1c(OC(F)(F)F)cccc1C1(C(=O)O)CCOC1. The van der Waals surface area contributed by atoms with Crippen LogP contribution < -0.4 is 10.5 Å². The number of rotatable bonds is 3. The fourth-order valence-corrected chi connectivity index (χ4v) is 2.24. The number of para-hydroxylation sites is 1. The molecular weight excluding hydrogens is 279 g/mol. The van der Waals surface area contributed by atoms with Crippen LogP contribution in [0.2, 0.25) is 0 Å². The van der Waals surface area contributed by atoms with E-state index in [1.54, 1.807) is 0 Å². The Balaban J connectivity index is 2.47. The Morgan fingerprint density at radius 1 is 1.45 bits per heavy atom. The van der Waals surface area contributed by atoms with Gasteiger partial charge in [-0.2, -0.15) is 0 Å². The first-order chi connectivity index (χ1) is 9.26. The molecule has 0 aliphatic carbocycles. The van der Waals surface area contributed by atoms with Crippen LogP contribution in [0.25, 0.3) is 0 Å². The third-order valence-electron chi connectivity index (χ3n) is 3.24. The first-order valence-corrected chi connectivity index (χ1v) is 5.72. The summed E-state index contributed by atoms with van der Waals surface area (Å²) in [5.74, 6) is -1.80. The number of alkyl halides is 3. The van der Waals surface area contributed by atoms with E-state index in [4.69, 9.17) is 10.5 Å². The summed E-state index contributed by atoms with van der Waals surface area (Å²) in [7, 11) is 0. The van der Waals surface area contributed by atoms with Crippen molar-refractivity contribution in [2.75, 3.05) is 18.9 Å². The lowest BCUT2D eigenvalue weighted by molar-refractivity contribution is -0.274. The molecule has 0 saturated carbocycles. The van der Waals surface area contributed by atoms with Gasteiger partial charge in [-0.15, -0.1) is 13.2 Å². The zero-order valence-electron chi connectivity index (χ0n) is 10.2. The highest BCUT2D eigenvalue weighted by atomic mass is 19.4. The number of carboxylic acid groups (broad SMARTS) is 1. The zero-order valence-corrected chi connectivity index (χ0v) is 10.2. The van der Waals surface area contributed by atoms with Crippen LogP contribution in [0.1, 0.15) is 12.0 Å². The van der Waals surface area contributed by atoms with Gasteiger partial charge in [0.25, 0.3) is 0 Å². The van der Waals surface area contributed by atoms with Gasteiger partial charge in [0.05, 0.1) is 12.3 Å². The molecule has 0 aromatic heterocycles. The Morgan fingerprint density at radius 3 is 2.65 bits per heavy atom. The highest BCUT2D eigenvalue weighted by Gasteiger charge is 2.46. The van der Waals surface area contributed by atoms with Crippen LogP contribution in [0.5, 0.6) is 5.75 Å². The monoisotopic (exact) mass is 291 g/mol. The van der Waals surface area contributed by atoms with Gasteiger partial charge in [-0.1, -0.05) is 12.1 Å². The van der Waals surface area contributed by atoms with Crippen molar-refractivity contribution < 1.29 is 32.5 Å². The molecule has 0 bridgehead atoms. The Hall–Kier alpha value is -1.96. The number of carboxylic acids is 1. The molecule has 8 heteroatoms. The summed E-state index contributed by atoms with van der Waals surface area (Å²) >= 11 is 0. The fourth-order valence-electron chi connectivity index (χ4n) is 2.24. The lowest BCUT2D eigenvalue weighted by Crippen LogP contribution is -2.37. The van der Waals surface area contributed by atoms with Crippen molar-refractivity contribution in [3.63, 3.8) is 0 Å². The predicted molar refractivity (Wildman–Crippen MR) is 62.3 cm³/mol. The van der Waals surface area contributed by atoms with Crippen LogP contribution in [0, 0.1) is 0 Å². The van der Waals surface area contributed by atoms with Crippen molar-refractivity contribution in [2.45, 2.75) is 18.2 Å². The van der Waals surface area contributed by atoms with E-state index in [2.05, 4.69) is 4.74 Å². The molecule has 3 N–H and O–H groups in total. The quantitative estimate of drug-likeness (QED) is 0.831. The summed E-state index contributed by atoms with van der Waals surface area (Å²) in [4.78, 5) is 11.5. The Morgan fingerprint density at radius 2 is 2.15 bits per heavy atom. The summed E-state index contributed by atoms with van der Waals surface area (Å²) in [5.41, 5.74) is 3.95. The van der Waals surface area contributed by atoms with E-state index in [1.807, 2.05) is 0 Å². The van der Waals surface area contributed by atoms with E-state index >= 15 is 0 Å². The third-order valence-corrected chi connectivity index (χ3v) is 3.24. The molecule has 110 valence electrons. The fraction of sp³-hybridized carbons (Fsp3) is 0.417. The molecule has 0 spiro atoms. The van der Waals surface area contributed by atoms with E-state index in [0.717, 1.165) is 6.07 Å². The Labute approximate surface area is 112 Å². The van der Waals surface area contributed by atoms with Crippen LogP contribution in [0.4, 0.5) is 18.9 Å². The van der Waals surface area contributed by atoms with E-state index in [9.17, 15) is 23.1 Å². The van der Waals surface area contributed by atoms with Crippen molar-refractivity contribution in [3.05, 3.63) is 23.8 Å². The highest BCUT2D eigenvalue weighted by molar-refractivity contribution is 5.85. The molecule has 1 aromatic carbocycles. The number of hydrogen-bond acceptors (Lipinski definition) is 4. The second-order valence-corrected chi connectivity index (χ2v) is 4.46. The minimum atomic E-state index is -4.89. The average molecular weight is 291 g/mol. The lowest BCUT2D eigenvalue weighted by atomic mass is 9.79. The largest absolute Gasteiger partial charge is 0.573 e. The maximum atomic E-state index is 12.3. The van der Waals surface area contributed by atoms with Gasteiger partial charge in [0.15, 0.2) is 5.75 Å². The number of carbonyl (C=O) groups is 1. The molecule has 1 saturated heterocycles. The van der Waals surface area contributed by atoms with Crippen LogP contribution in [-0.2, 0) is 14.9 Å². The number of benzene rings is 1. The lowest BCUT2D eigenvalue weighted by Gasteiger charge is -2.25. The van der Waals surface area contributed by atoms with Gasteiger partial charge in [0.2, 0.25) is 0 Å². The van der Waals surface area contributed by atoms with E-state index in [-0.39, 0.29) is 30.9 Å². The molecule has 0 radical (unpaired) electrons. The van der Waals surface area contributed by atoms with Crippen LogP contribution in [-0.4, -0.2) is 30.7 Å². The maximum Gasteiger partial charge on any atom is 0.573 e. The summed E-state index contributed by atoms with van der Waals surface area (Å²) in [6.45, 7) is 0.0676. The highest BCUT2D eigenvalue weighted by Crippen LogP contribution is 2.41. The second kappa shape index (κ2) is 4.86. The molecule has 0 amide bonds. The molecule has 1 atom stereocenters. The second-order valence-electron chi connectivity index (χ2n) is 4.46. The molecule has 2 rings (SSSR count). The van der Waals surface area contributed by atoms with Gasteiger partial charge >= 0.3 is 12.3 Å². The third kappa shape index (κ3) is 2.51. The van der Waals surface area contributed by atoms with Gasteiger partial charge < -0.3 is 20.3 Å². The number of nitrogens with two attached hydrogens (primary N) is 1. The van der Waals surface area contributed by atoms with Crippen molar-refractivity contribution in [2.24, 2.45) is 0 Å². The van der Waals surface area contributed by atoms with Crippen LogP contribution >= 0.6 is 0 Å². The zero-order chi connectivity index (χ0) is 15.0. The molecule has 1 unspecified atom stereocenters. The molecule has 1 aromatic rings. The molecular formula is C12H12F3NO4. The van der Waals surface area contributed by atoms with E-state index in [0.29, 0.717) is 0 Å². The minimum Gasteiger partial charge on any atom is -0.481 e. The summed E-state index contributed by atoms with van der Waals surface area (Å²) in [5, 5.41) is 9.37. The van der Waals surface area contributed by atoms with E-state index in [1.165, 1.54) is 12.1 Å². The van der Waals surface area contributed by atoms with Gasteiger partial charge in [0.1, 0.15) is 5.41 Å². The average Bonchev–Trinajstić information content (AvgIpc) is 2.80. The van der Waals surface area contributed by atoms with Gasteiger partial charge in [0, 0.05) is 6.61 Å². The molecule has 1 aliphatic heterocycles. The van der Waals surface area contributed by atoms with Crippen molar-refractivity contribution >= 4 is 11.7 Å². The number of nitrogen functional groups attached to an aromatic ring is 1. The van der Waals surface area contributed by atoms with Crippen molar-refractivity contribution in [3.8, 4) is 5.75 Å². The first-order valence-electron chi connectivity index (χ1n) is 5.72. The molecule has 1 aliphatic rings. The predicted octanol–water partition coefficient (Wildman–Crippen LogP) is 1.91. The van der Waals surface area contributed by atoms with Gasteiger partial charge in [-0.25, -0.2) is 0 Å². The van der Waals surface area contributed by atoms with Gasteiger partial charge in [-0.05, 0) is 18.1 Å². The molecule has 1 fully saturated rings. The first kappa shape index (κ1) is 14.4. The number of halogens is 3. The molecule has 5 nitrogen and oxygen atoms in total. The minimum absolute atomic E-state index is 0.0734. The normalized spacial score (nSPS) is 22.8. The standard InChI is InChI=1S/C12H12F3NO4/c13-12(14,15)20-8-3-1-2-7(9(8)16)11(10(17)18)4-5-19-6-11/h1-3H,4-6,16H2,(H,17,18). The summed E-state index contributed by atoms with van der Waals surface area (Å²) < 4.78 is 45.7. The Bertz CT molecular complexity index is 524. The maximum absolute atomic E-state index is 12.3. The van der Waals surface area contributed by atoms with E-state index < -0.39 is 23.5 Å². The Kier molecular flexibility index (Phi) is 3.51. The topological polar surface area (TPSA) is 81.8 Å². The van der Waals surface area contributed by atoms with Crippen LogP contribution in [0.3, 0.4) is 0 Å². The number of hydrogen-bond donors (Lipinski definition) is 2. The van der Waals surface area contributed by atoms with Crippen molar-refractivity contribution in [1.29, 1.82) is 0 Å². The summed E-state index contributed by atoms with van der Waals surface area (Å²) in [6.07, 6.45) is -4.75.